The van der Waals surface area contributed by atoms with Crippen molar-refractivity contribution in [3.63, 3.8) is 0 Å². The highest BCUT2D eigenvalue weighted by molar-refractivity contribution is 6.08. The molecule has 2 aromatic carbocycles. The maximum atomic E-state index is 12.9. The molecule has 0 aliphatic heterocycles. The zero-order valence-corrected chi connectivity index (χ0v) is 15.0. The number of nitrogens with zero attached hydrogens (tertiary/aromatic N) is 2. The van der Waals surface area contributed by atoms with Gasteiger partial charge >= 0.3 is 12.8 Å². The first-order valence-corrected chi connectivity index (χ1v) is 8.30. The summed E-state index contributed by atoms with van der Waals surface area (Å²) < 4.78 is 68.6. The summed E-state index contributed by atoms with van der Waals surface area (Å²) in [6, 6.07) is 9.56. The second-order valence-corrected chi connectivity index (χ2v) is 5.90. The van der Waals surface area contributed by atoms with Gasteiger partial charge in [0.15, 0.2) is 0 Å². The Kier molecular flexibility index (Phi) is 5.81. The number of carbonyl (C=O) groups is 1. The second kappa shape index (κ2) is 8.31. The number of halogens is 5. The van der Waals surface area contributed by atoms with Crippen molar-refractivity contribution in [3.05, 3.63) is 65.9 Å². The van der Waals surface area contributed by atoms with E-state index >= 15 is 0 Å². The summed E-state index contributed by atoms with van der Waals surface area (Å²) in [6.45, 7) is -3.13. The molecule has 1 amide bonds. The summed E-state index contributed by atoms with van der Waals surface area (Å²) in [5.74, 6) is -1.37. The van der Waals surface area contributed by atoms with E-state index in [-0.39, 0.29) is 34.2 Å². The Morgan fingerprint density at radius 3 is 2.53 bits per heavy atom. The minimum Gasteiger partial charge on any atom is -0.434 e. The number of para-hydroxylation sites is 1. The van der Waals surface area contributed by atoms with Crippen LogP contribution in [0.15, 0.2) is 54.7 Å². The molecule has 3 N–H and O–H groups in total. The summed E-state index contributed by atoms with van der Waals surface area (Å²) in [6.07, 6.45) is -3.55. The van der Waals surface area contributed by atoms with Gasteiger partial charge in [-0.3, -0.25) is 4.79 Å². The Morgan fingerprint density at radius 1 is 1.10 bits per heavy atom. The van der Waals surface area contributed by atoms with Gasteiger partial charge in [0.2, 0.25) is 5.95 Å². The van der Waals surface area contributed by atoms with Gasteiger partial charge in [-0.15, -0.1) is 0 Å². The number of alkyl halides is 5. The van der Waals surface area contributed by atoms with Crippen LogP contribution in [0.4, 0.5) is 33.6 Å². The number of carbonyl (C=O) groups excluding carboxylic acids is 1. The molecule has 0 spiro atoms. The zero-order chi connectivity index (χ0) is 21.9. The molecule has 3 rings (SSSR count). The van der Waals surface area contributed by atoms with Crippen LogP contribution in [0.3, 0.4) is 0 Å². The number of hydrogen-bond acceptors (Lipinski definition) is 5. The van der Waals surface area contributed by atoms with Gasteiger partial charge in [0.05, 0.1) is 16.8 Å². The minimum absolute atomic E-state index is 0.0288. The Morgan fingerprint density at radius 2 is 1.83 bits per heavy atom. The highest BCUT2D eigenvalue weighted by Crippen LogP contribution is 2.33. The van der Waals surface area contributed by atoms with Gasteiger partial charge in [0.1, 0.15) is 5.75 Å². The van der Waals surface area contributed by atoms with Crippen molar-refractivity contribution in [2.24, 2.45) is 0 Å². The van der Waals surface area contributed by atoms with Crippen LogP contribution < -0.4 is 15.8 Å². The molecule has 156 valence electrons. The van der Waals surface area contributed by atoms with E-state index < -0.39 is 24.3 Å². The molecule has 0 unspecified atom stereocenters. The van der Waals surface area contributed by atoms with Crippen molar-refractivity contribution in [3.8, 4) is 17.0 Å². The monoisotopic (exact) mass is 424 g/mol. The van der Waals surface area contributed by atoms with Crippen molar-refractivity contribution < 1.29 is 31.5 Å². The summed E-state index contributed by atoms with van der Waals surface area (Å²) in [7, 11) is 0. The topological polar surface area (TPSA) is 90.1 Å². The normalized spacial score (nSPS) is 11.4. The molecule has 0 fully saturated rings. The van der Waals surface area contributed by atoms with Crippen LogP contribution in [0.25, 0.3) is 11.3 Å². The smallest absolute Gasteiger partial charge is 0.416 e. The average molecular weight is 424 g/mol. The van der Waals surface area contributed by atoms with E-state index in [9.17, 15) is 26.7 Å². The third kappa shape index (κ3) is 4.80. The molecule has 0 radical (unpaired) electrons. The van der Waals surface area contributed by atoms with Crippen molar-refractivity contribution in [1.82, 2.24) is 9.97 Å². The van der Waals surface area contributed by atoms with E-state index in [1.165, 1.54) is 30.3 Å². The molecule has 30 heavy (non-hydrogen) atoms. The summed E-state index contributed by atoms with van der Waals surface area (Å²) in [4.78, 5) is 20.4. The number of benzene rings is 2. The highest BCUT2D eigenvalue weighted by atomic mass is 19.4. The molecule has 3 aromatic rings. The van der Waals surface area contributed by atoms with Crippen LogP contribution >= 0.6 is 0 Å². The number of ether oxygens (including phenoxy) is 1. The Labute approximate surface area is 166 Å². The number of anilines is 2. The molecule has 0 bridgehead atoms. The molecule has 0 saturated heterocycles. The van der Waals surface area contributed by atoms with Gasteiger partial charge in [-0.25, -0.2) is 9.97 Å². The summed E-state index contributed by atoms with van der Waals surface area (Å²) >= 11 is 0. The maximum Gasteiger partial charge on any atom is 0.416 e. The maximum absolute atomic E-state index is 12.9. The summed E-state index contributed by atoms with van der Waals surface area (Å²) in [5.41, 5.74) is 4.19. The lowest BCUT2D eigenvalue weighted by Gasteiger charge is -2.14. The van der Waals surface area contributed by atoms with Crippen LogP contribution in [0.2, 0.25) is 0 Å². The van der Waals surface area contributed by atoms with Gasteiger partial charge in [-0.05, 0) is 30.3 Å². The molecule has 11 heteroatoms. The number of nitrogens with two attached hydrogens (primary N) is 1. The lowest BCUT2D eigenvalue weighted by atomic mass is 10.1. The predicted molar refractivity (Wildman–Crippen MR) is 97.9 cm³/mol. The first-order valence-electron chi connectivity index (χ1n) is 8.30. The first-order chi connectivity index (χ1) is 14.1. The quantitative estimate of drug-likeness (QED) is 0.585. The van der Waals surface area contributed by atoms with E-state index in [0.717, 1.165) is 24.4 Å². The fraction of sp³-hybridized carbons (Fsp3) is 0.105. The third-order valence-corrected chi connectivity index (χ3v) is 3.86. The standard InChI is InChI=1S/C19H13F5N4O2/c20-17(21)30-14-7-2-1-6-12(14)15-13(9-26-18(25)28-15)16(29)27-11-5-3-4-10(8-11)19(22,23)24/h1-9,17H,(H,27,29)(H2,25,26,28). The van der Waals surface area contributed by atoms with Gasteiger partial charge in [0, 0.05) is 17.4 Å². The molecule has 1 aromatic heterocycles. The van der Waals surface area contributed by atoms with Crippen LogP contribution in [-0.4, -0.2) is 22.5 Å². The van der Waals surface area contributed by atoms with Gasteiger partial charge in [-0.2, -0.15) is 22.0 Å². The lowest BCUT2D eigenvalue weighted by Crippen LogP contribution is -2.16. The minimum atomic E-state index is -4.60. The van der Waals surface area contributed by atoms with Gasteiger partial charge in [0.25, 0.3) is 5.91 Å². The van der Waals surface area contributed by atoms with Crippen LogP contribution in [0.5, 0.6) is 5.75 Å². The van der Waals surface area contributed by atoms with Crippen LogP contribution in [-0.2, 0) is 6.18 Å². The average Bonchev–Trinajstić information content (AvgIpc) is 2.67. The summed E-state index contributed by atoms with van der Waals surface area (Å²) in [5, 5.41) is 2.31. The first kappa shape index (κ1) is 21.0. The largest absolute Gasteiger partial charge is 0.434 e. The number of nitrogens with one attached hydrogen (secondary N) is 1. The number of nitrogen functional groups attached to an aromatic ring is 1. The Balaban J connectivity index is 2.00. The fourth-order valence-corrected chi connectivity index (χ4v) is 2.60. The van der Waals surface area contributed by atoms with Gasteiger partial charge in [-0.1, -0.05) is 18.2 Å². The van der Waals surface area contributed by atoms with E-state index in [2.05, 4.69) is 20.0 Å². The van der Waals surface area contributed by atoms with Crippen LogP contribution in [0, 0.1) is 0 Å². The molecular weight excluding hydrogens is 411 g/mol. The van der Waals surface area contributed by atoms with E-state index in [1.807, 2.05) is 0 Å². The molecule has 0 atom stereocenters. The number of aromatic nitrogens is 2. The third-order valence-electron chi connectivity index (χ3n) is 3.86. The fourth-order valence-electron chi connectivity index (χ4n) is 2.60. The van der Waals surface area contributed by atoms with Crippen molar-refractivity contribution in [2.75, 3.05) is 11.1 Å². The molecule has 0 aliphatic carbocycles. The predicted octanol–water partition coefficient (Wildman–Crippen LogP) is 4.60. The Bertz CT molecular complexity index is 1070. The molecule has 1 heterocycles. The van der Waals surface area contributed by atoms with E-state index in [1.54, 1.807) is 0 Å². The molecule has 0 saturated carbocycles. The van der Waals surface area contributed by atoms with Crippen LogP contribution in [0.1, 0.15) is 15.9 Å². The molecule has 0 aliphatic rings. The van der Waals surface area contributed by atoms with E-state index in [4.69, 9.17) is 5.73 Å². The number of rotatable bonds is 5. The van der Waals surface area contributed by atoms with Crippen molar-refractivity contribution in [2.45, 2.75) is 12.8 Å². The molecular formula is C19H13F5N4O2. The SMILES string of the molecule is Nc1ncc(C(=O)Nc2cccc(C(F)(F)F)c2)c(-c2ccccc2OC(F)F)n1. The second-order valence-electron chi connectivity index (χ2n) is 5.90. The number of amides is 1. The number of hydrogen-bond donors (Lipinski definition) is 2. The van der Waals surface area contributed by atoms with Gasteiger partial charge < -0.3 is 15.8 Å². The van der Waals surface area contributed by atoms with Crippen molar-refractivity contribution >= 4 is 17.5 Å². The molecule has 6 nitrogen and oxygen atoms in total. The van der Waals surface area contributed by atoms with E-state index in [0.29, 0.717) is 0 Å². The lowest BCUT2D eigenvalue weighted by molar-refractivity contribution is -0.137. The van der Waals surface area contributed by atoms with Crippen molar-refractivity contribution in [1.29, 1.82) is 0 Å². The Hall–Kier alpha value is -3.76. The highest BCUT2D eigenvalue weighted by Gasteiger charge is 2.30. The zero-order valence-electron chi connectivity index (χ0n) is 15.0.